The molecule has 7 heteroatoms. The molecule has 0 saturated carbocycles. The van der Waals surface area contributed by atoms with Crippen LogP contribution in [-0.2, 0) is 9.31 Å². The van der Waals surface area contributed by atoms with Crippen molar-refractivity contribution in [2.75, 3.05) is 0 Å². The molecule has 0 atom stereocenters. The van der Waals surface area contributed by atoms with Crippen molar-refractivity contribution < 1.29 is 18.1 Å². The third kappa shape index (κ3) is 3.28. The van der Waals surface area contributed by atoms with Gasteiger partial charge in [-0.3, -0.25) is 0 Å². The quantitative estimate of drug-likeness (QED) is 0.375. The maximum atomic E-state index is 14.4. The van der Waals surface area contributed by atoms with E-state index in [1.54, 1.807) is 6.07 Å². The largest absolute Gasteiger partial charge is 0.525 e. The van der Waals surface area contributed by atoms with E-state index in [4.69, 9.17) is 20.9 Å². The highest BCUT2D eigenvalue weighted by atomic mass is 127. The molecule has 0 aliphatic carbocycles. The summed E-state index contributed by atoms with van der Waals surface area (Å²) < 4.78 is 40.1. The molecular formula is C14H15BClF2IO2. The Balaban J connectivity index is 2.34. The van der Waals surface area contributed by atoms with Gasteiger partial charge >= 0.3 is 7.12 Å². The molecule has 0 spiro atoms. The summed E-state index contributed by atoms with van der Waals surface area (Å²) >= 11 is 7.65. The fourth-order valence-electron chi connectivity index (χ4n) is 1.84. The molecule has 2 rings (SSSR count). The van der Waals surface area contributed by atoms with Crippen LogP contribution in [0.25, 0.3) is 6.08 Å². The van der Waals surface area contributed by atoms with Crippen molar-refractivity contribution in [1.82, 2.24) is 0 Å². The smallest absolute Gasteiger partial charge is 0.398 e. The zero-order valence-electron chi connectivity index (χ0n) is 12.1. The second-order valence-electron chi connectivity index (χ2n) is 5.87. The van der Waals surface area contributed by atoms with Crippen LogP contribution in [0.15, 0.2) is 17.9 Å². The van der Waals surface area contributed by atoms with E-state index in [1.165, 1.54) is 6.07 Å². The number of hydrogen-bond donors (Lipinski definition) is 0. The first-order valence-corrected chi connectivity index (χ1v) is 7.87. The maximum absolute atomic E-state index is 14.4. The molecule has 1 aromatic rings. The Morgan fingerprint density at radius 2 is 1.76 bits per heavy atom. The van der Waals surface area contributed by atoms with Gasteiger partial charge in [0.05, 0.1) is 16.2 Å². The van der Waals surface area contributed by atoms with Gasteiger partial charge in [0.2, 0.25) is 0 Å². The van der Waals surface area contributed by atoms with Gasteiger partial charge < -0.3 is 9.31 Å². The lowest BCUT2D eigenvalue weighted by Crippen LogP contribution is -2.41. The predicted octanol–water partition coefficient (Wildman–Crippen LogP) is 5.03. The van der Waals surface area contributed by atoms with Gasteiger partial charge in [0.25, 0.3) is 0 Å². The lowest BCUT2D eigenvalue weighted by Gasteiger charge is -2.32. The number of halogens is 4. The van der Waals surface area contributed by atoms with Crippen LogP contribution in [0.5, 0.6) is 0 Å². The Bertz CT molecular complexity index is 589. The summed E-state index contributed by atoms with van der Waals surface area (Å²) in [7, 11) is -1.15. The van der Waals surface area contributed by atoms with Crippen LogP contribution in [0.3, 0.4) is 0 Å². The average Bonchev–Trinajstić information content (AvgIpc) is 2.59. The summed E-state index contributed by atoms with van der Waals surface area (Å²) in [5.41, 5.74) is -1.89. The average molecular weight is 426 g/mol. The lowest BCUT2D eigenvalue weighted by molar-refractivity contribution is 0.00578. The van der Waals surface area contributed by atoms with Crippen LogP contribution in [0.4, 0.5) is 8.78 Å². The zero-order valence-corrected chi connectivity index (χ0v) is 15.1. The van der Waals surface area contributed by atoms with E-state index >= 15 is 0 Å². The zero-order chi connectivity index (χ0) is 16.0. The molecule has 0 N–H and O–H groups in total. The van der Waals surface area contributed by atoms with Crippen molar-refractivity contribution in [3.63, 3.8) is 0 Å². The molecule has 2 nitrogen and oxygen atoms in total. The SMILES string of the molecule is CC1(C)OB(C(F)=Cc2c(I)ccc(Cl)c2F)OC1(C)C. The van der Waals surface area contributed by atoms with Crippen LogP contribution in [-0.4, -0.2) is 18.3 Å². The van der Waals surface area contributed by atoms with Gasteiger partial charge in [0.15, 0.2) is 0 Å². The highest BCUT2D eigenvalue weighted by Crippen LogP contribution is 2.39. The van der Waals surface area contributed by atoms with Crippen LogP contribution in [0, 0.1) is 9.39 Å². The van der Waals surface area contributed by atoms with Gasteiger partial charge in [-0.05, 0) is 68.5 Å². The van der Waals surface area contributed by atoms with E-state index in [0.29, 0.717) is 3.57 Å². The standard InChI is InChI=1S/C14H15BClF2IO2/c1-13(2)14(3,4)21-15(20-13)11(17)7-8-10(19)6-5-9(16)12(8)18/h5-7H,1-4H3. The molecule has 114 valence electrons. The molecule has 1 fully saturated rings. The van der Waals surface area contributed by atoms with Crippen molar-refractivity contribution >= 4 is 47.4 Å². The number of hydrogen-bond acceptors (Lipinski definition) is 2. The van der Waals surface area contributed by atoms with Gasteiger partial charge in [0, 0.05) is 9.13 Å². The molecule has 0 radical (unpaired) electrons. The van der Waals surface area contributed by atoms with E-state index in [2.05, 4.69) is 0 Å². The lowest BCUT2D eigenvalue weighted by atomic mass is 9.87. The van der Waals surface area contributed by atoms with Crippen LogP contribution >= 0.6 is 34.2 Å². The minimum Gasteiger partial charge on any atom is -0.398 e. The summed E-state index contributed by atoms with van der Waals surface area (Å²) in [6.45, 7) is 7.29. The van der Waals surface area contributed by atoms with Crippen molar-refractivity contribution in [2.45, 2.75) is 38.9 Å². The van der Waals surface area contributed by atoms with E-state index in [9.17, 15) is 8.78 Å². The van der Waals surface area contributed by atoms with E-state index in [-0.39, 0.29) is 10.6 Å². The molecular weight excluding hydrogens is 411 g/mol. The second-order valence-corrected chi connectivity index (χ2v) is 7.44. The fourth-order valence-corrected chi connectivity index (χ4v) is 2.57. The van der Waals surface area contributed by atoms with Crippen LogP contribution < -0.4 is 0 Å². The van der Waals surface area contributed by atoms with Crippen molar-refractivity contribution in [2.24, 2.45) is 0 Å². The Kier molecular flexibility index (Phi) is 4.74. The minimum atomic E-state index is -1.15. The molecule has 1 heterocycles. The highest BCUT2D eigenvalue weighted by Gasteiger charge is 2.53. The van der Waals surface area contributed by atoms with Crippen molar-refractivity contribution in [3.05, 3.63) is 37.8 Å². The Morgan fingerprint density at radius 1 is 1.24 bits per heavy atom. The van der Waals surface area contributed by atoms with Crippen LogP contribution in [0.1, 0.15) is 33.3 Å². The first kappa shape index (κ1) is 17.2. The topological polar surface area (TPSA) is 18.5 Å². The summed E-state index contributed by atoms with van der Waals surface area (Å²) in [5, 5.41) is -0.0524. The van der Waals surface area contributed by atoms with E-state index in [0.717, 1.165) is 6.08 Å². The Labute approximate surface area is 142 Å². The first-order chi connectivity index (χ1) is 9.55. The van der Waals surface area contributed by atoms with E-state index in [1.807, 2.05) is 50.3 Å². The molecule has 0 unspecified atom stereocenters. The molecule has 0 amide bonds. The fraction of sp³-hybridized carbons (Fsp3) is 0.429. The molecule has 1 aliphatic rings. The van der Waals surface area contributed by atoms with Crippen LogP contribution in [0.2, 0.25) is 5.02 Å². The van der Waals surface area contributed by atoms with Crippen molar-refractivity contribution in [1.29, 1.82) is 0 Å². The van der Waals surface area contributed by atoms with Gasteiger partial charge in [-0.15, -0.1) is 0 Å². The predicted molar refractivity (Wildman–Crippen MR) is 89.3 cm³/mol. The molecule has 0 bridgehead atoms. The molecule has 0 aromatic heterocycles. The third-order valence-corrected chi connectivity index (χ3v) is 5.07. The van der Waals surface area contributed by atoms with E-state index < -0.39 is 29.9 Å². The number of benzene rings is 1. The third-order valence-electron chi connectivity index (χ3n) is 3.84. The molecule has 1 aromatic carbocycles. The Hall–Kier alpha value is -0.175. The number of rotatable bonds is 2. The highest BCUT2D eigenvalue weighted by molar-refractivity contribution is 14.1. The van der Waals surface area contributed by atoms with Gasteiger partial charge in [0.1, 0.15) is 11.5 Å². The van der Waals surface area contributed by atoms with Crippen molar-refractivity contribution in [3.8, 4) is 0 Å². The Morgan fingerprint density at radius 3 is 2.29 bits per heavy atom. The van der Waals surface area contributed by atoms with Gasteiger partial charge in [-0.1, -0.05) is 11.6 Å². The summed E-state index contributed by atoms with van der Waals surface area (Å²) in [4.78, 5) is 0. The summed E-state index contributed by atoms with van der Waals surface area (Å²) in [6.07, 6.45) is 1.07. The summed E-state index contributed by atoms with van der Waals surface area (Å²) in [6, 6.07) is 3.05. The normalized spacial score (nSPS) is 21.0. The summed E-state index contributed by atoms with van der Waals surface area (Å²) in [5.74, 6) is -0.657. The molecule has 1 saturated heterocycles. The second kappa shape index (κ2) is 5.79. The maximum Gasteiger partial charge on any atom is 0.525 e. The first-order valence-electron chi connectivity index (χ1n) is 6.41. The van der Waals surface area contributed by atoms with Gasteiger partial charge in [-0.2, -0.15) is 0 Å². The van der Waals surface area contributed by atoms with Gasteiger partial charge in [-0.25, -0.2) is 8.78 Å². The molecule has 21 heavy (non-hydrogen) atoms. The minimum absolute atomic E-state index is 0.0524. The monoisotopic (exact) mass is 426 g/mol. The molecule has 1 aliphatic heterocycles.